The van der Waals surface area contributed by atoms with Crippen LogP contribution in [-0.2, 0) is 6.54 Å². The van der Waals surface area contributed by atoms with Crippen molar-refractivity contribution in [2.45, 2.75) is 18.9 Å². The van der Waals surface area contributed by atoms with Gasteiger partial charge in [-0.25, -0.2) is 4.98 Å². The summed E-state index contributed by atoms with van der Waals surface area (Å²) in [7, 11) is 0. The van der Waals surface area contributed by atoms with E-state index in [1.807, 2.05) is 12.4 Å². The molecule has 2 N–H and O–H groups in total. The number of imidazole rings is 1. The molecule has 109 valence electrons. The summed E-state index contributed by atoms with van der Waals surface area (Å²) in [5, 5.41) is 0. The lowest BCUT2D eigenvalue weighted by molar-refractivity contribution is 0.0985. The number of hydrogen-bond donors (Lipinski definition) is 1. The van der Waals surface area contributed by atoms with Crippen molar-refractivity contribution < 1.29 is 4.79 Å². The average molecular weight is 284 g/mol. The normalized spacial score (nSPS) is 19.0. The number of amides is 1. The highest BCUT2D eigenvalue weighted by atomic mass is 16.1. The predicted octanol–water partition coefficient (Wildman–Crippen LogP) is 0.667. The van der Waals surface area contributed by atoms with Crippen molar-refractivity contribution in [3.63, 3.8) is 0 Å². The van der Waals surface area contributed by atoms with E-state index in [4.69, 9.17) is 5.73 Å². The molecule has 1 saturated heterocycles. The summed E-state index contributed by atoms with van der Waals surface area (Å²) >= 11 is 0. The number of likely N-dealkylation sites (tertiary alicyclic amines) is 1. The number of hydrogen-bond acceptors (Lipinski definition) is 4. The Balaban J connectivity index is 1.56. The van der Waals surface area contributed by atoms with Crippen LogP contribution in [0.25, 0.3) is 0 Å². The molecule has 2 aromatic rings. The number of carbonyl (C=O) groups is 1. The van der Waals surface area contributed by atoms with Gasteiger partial charge in [-0.15, -0.1) is 0 Å². The van der Waals surface area contributed by atoms with Gasteiger partial charge in [-0.2, -0.15) is 0 Å². The second-order valence-electron chi connectivity index (χ2n) is 5.32. The van der Waals surface area contributed by atoms with Gasteiger partial charge in [0.1, 0.15) is 6.20 Å². The third-order valence-corrected chi connectivity index (χ3v) is 3.98. The molecule has 3 heterocycles. The fraction of sp³-hybridized carbons (Fsp3) is 0.400. The number of aromatic nitrogens is 3. The molecule has 3 rings (SSSR count). The van der Waals surface area contributed by atoms with E-state index in [1.54, 1.807) is 10.8 Å². The van der Waals surface area contributed by atoms with Crippen molar-refractivity contribution >= 4 is 5.91 Å². The van der Waals surface area contributed by atoms with Crippen molar-refractivity contribution in [1.29, 1.82) is 0 Å². The smallest absolute Gasteiger partial charge is 0.284 e. The van der Waals surface area contributed by atoms with Gasteiger partial charge in [0.25, 0.3) is 5.91 Å². The van der Waals surface area contributed by atoms with E-state index in [2.05, 4.69) is 33.2 Å². The third-order valence-electron chi connectivity index (χ3n) is 3.98. The predicted molar refractivity (Wildman–Crippen MR) is 77.6 cm³/mol. The van der Waals surface area contributed by atoms with E-state index in [-0.39, 0.29) is 5.82 Å². The molecule has 2 aromatic heterocycles. The molecule has 0 aromatic carbocycles. The first-order chi connectivity index (χ1) is 10.2. The maximum absolute atomic E-state index is 11.2. The Morgan fingerprint density at radius 2 is 2.19 bits per heavy atom. The first-order valence-corrected chi connectivity index (χ1v) is 7.09. The monoisotopic (exact) mass is 284 g/mol. The van der Waals surface area contributed by atoms with Crippen molar-refractivity contribution in [2.75, 3.05) is 19.6 Å². The number of nitrogens with two attached hydrogens (primary N) is 1. The van der Waals surface area contributed by atoms with E-state index < -0.39 is 5.91 Å². The topological polar surface area (TPSA) is 77.0 Å². The molecular formula is C15H18N5O. The fourth-order valence-electron chi connectivity index (χ4n) is 2.84. The van der Waals surface area contributed by atoms with Crippen LogP contribution in [0.4, 0.5) is 0 Å². The molecule has 1 atom stereocenters. The summed E-state index contributed by atoms with van der Waals surface area (Å²) < 4.78 is 1.77. The summed E-state index contributed by atoms with van der Waals surface area (Å²) in [5.74, 6) is 0.338. The Morgan fingerprint density at radius 3 is 2.95 bits per heavy atom. The van der Waals surface area contributed by atoms with Crippen LogP contribution in [0.5, 0.6) is 0 Å². The molecule has 1 amide bonds. The van der Waals surface area contributed by atoms with Gasteiger partial charge < -0.3 is 15.2 Å². The van der Waals surface area contributed by atoms with Crippen molar-refractivity contribution in [3.05, 3.63) is 48.3 Å². The zero-order chi connectivity index (χ0) is 14.7. The minimum absolute atomic E-state index is 0.278. The molecule has 6 heteroatoms. The van der Waals surface area contributed by atoms with Crippen LogP contribution in [-0.4, -0.2) is 45.0 Å². The lowest BCUT2D eigenvalue weighted by atomic mass is 10.00. The lowest BCUT2D eigenvalue weighted by Gasteiger charge is -2.17. The highest BCUT2D eigenvalue weighted by Crippen LogP contribution is 2.26. The van der Waals surface area contributed by atoms with E-state index in [9.17, 15) is 4.79 Å². The summed E-state index contributed by atoms with van der Waals surface area (Å²) in [6.45, 7) is 3.69. The molecule has 6 nitrogen and oxygen atoms in total. The number of rotatable bonds is 5. The van der Waals surface area contributed by atoms with Gasteiger partial charge in [0.2, 0.25) is 0 Å². The van der Waals surface area contributed by atoms with Crippen molar-refractivity contribution in [3.8, 4) is 0 Å². The second-order valence-corrected chi connectivity index (χ2v) is 5.32. The molecular weight excluding hydrogens is 266 g/mol. The minimum Gasteiger partial charge on any atom is -0.363 e. The van der Waals surface area contributed by atoms with Gasteiger partial charge in [-0.1, -0.05) is 0 Å². The summed E-state index contributed by atoms with van der Waals surface area (Å²) in [6.07, 6.45) is 9.20. The van der Waals surface area contributed by atoms with E-state index in [0.29, 0.717) is 12.5 Å². The maximum atomic E-state index is 11.2. The van der Waals surface area contributed by atoms with Gasteiger partial charge in [0.15, 0.2) is 5.82 Å². The standard InChI is InChI=1S/C15H18N5O/c16-14(21)15-18-6-8-20(15)10-9-19-7-3-13(11-19)12-1-4-17-5-2-12/h1-2,4-5,8,13H,3,7,9-11H2,(H2,16,21). The average Bonchev–Trinajstić information content (AvgIpc) is 3.15. The van der Waals surface area contributed by atoms with Gasteiger partial charge in [-0.3, -0.25) is 9.78 Å². The van der Waals surface area contributed by atoms with Crippen LogP contribution >= 0.6 is 0 Å². The highest BCUT2D eigenvalue weighted by molar-refractivity contribution is 5.89. The van der Waals surface area contributed by atoms with E-state index in [1.165, 1.54) is 5.56 Å². The van der Waals surface area contributed by atoms with Crippen molar-refractivity contribution in [2.24, 2.45) is 5.73 Å². The van der Waals surface area contributed by atoms with Crippen LogP contribution in [0.2, 0.25) is 0 Å². The summed E-state index contributed by atoms with van der Waals surface area (Å²) in [5.41, 5.74) is 6.63. The number of carbonyl (C=O) groups excluding carboxylic acids is 1. The van der Waals surface area contributed by atoms with Crippen molar-refractivity contribution in [1.82, 2.24) is 19.4 Å². The number of primary amides is 1. The van der Waals surface area contributed by atoms with Crippen LogP contribution in [0.3, 0.4) is 0 Å². The summed E-state index contributed by atoms with van der Waals surface area (Å²) in [4.78, 5) is 21.5. The van der Waals surface area contributed by atoms with Crippen LogP contribution < -0.4 is 5.73 Å². The van der Waals surface area contributed by atoms with Crippen LogP contribution in [0.15, 0.2) is 30.7 Å². The molecule has 1 unspecified atom stereocenters. The first-order valence-electron chi connectivity index (χ1n) is 7.09. The molecule has 0 bridgehead atoms. The van der Waals surface area contributed by atoms with E-state index >= 15 is 0 Å². The SMILES string of the molecule is NC(=O)c1n[c]cn1CCN1CCC(c2ccncc2)C1. The second kappa shape index (κ2) is 6.05. The molecule has 1 fully saturated rings. The fourth-order valence-corrected chi connectivity index (χ4v) is 2.84. The van der Waals surface area contributed by atoms with Gasteiger partial charge in [0, 0.05) is 38.2 Å². The molecule has 21 heavy (non-hydrogen) atoms. The molecule has 1 aliphatic rings. The van der Waals surface area contributed by atoms with Gasteiger partial charge >= 0.3 is 0 Å². The molecule has 1 aliphatic heterocycles. The minimum atomic E-state index is -0.507. The largest absolute Gasteiger partial charge is 0.363 e. The number of pyridine rings is 1. The van der Waals surface area contributed by atoms with Crippen LogP contribution in [0.1, 0.15) is 28.5 Å². The zero-order valence-electron chi connectivity index (χ0n) is 11.8. The molecule has 0 aliphatic carbocycles. The Hall–Kier alpha value is -2.21. The molecule has 0 spiro atoms. The number of nitrogens with zero attached hydrogens (tertiary/aromatic N) is 4. The Kier molecular flexibility index (Phi) is 3.96. The summed E-state index contributed by atoms with van der Waals surface area (Å²) in [6, 6.07) is 4.17. The van der Waals surface area contributed by atoms with Gasteiger partial charge in [-0.05, 0) is 36.6 Å². The Morgan fingerprint density at radius 1 is 1.38 bits per heavy atom. The van der Waals surface area contributed by atoms with Crippen LogP contribution in [0, 0.1) is 6.20 Å². The Bertz CT molecular complexity index is 610. The lowest BCUT2D eigenvalue weighted by Crippen LogP contribution is -2.27. The Labute approximate surface area is 123 Å². The zero-order valence-corrected chi connectivity index (χ0v) is 11.8. The molecule has 0 saturated carbocycles. The third kappa shape index (κ3) is 3.11. The van der Waals surface area contributed by atoms with E-state index in [0.717, 1.165) is 26.1 Å². The van der Waals surface area contributed by atoms with Gasteiger partial charge in [0.05, 0.1) is 0 Å². The first kappa shape index (κ1) is 13.8. The molecule has 1 radical (unpaired) electrons. The maximum Gasteiger partial charge on any atom is 0.284 e. The highest BCUT2D eigenvalue weighted by Gasteiger charge is 2.23. The quantitative estimate of drug-likeness (QED) is 0.875.